The number of ether oxygens (including phenoxy) is 1. The highest BCUT2D eigenvalue weighted by molar-refractivity contribution is 5.78. The van der Waals surface area contributed by atoms with E-state index in [4.69, 9.17) is 15.6 Å². The number of aliphatic carboxylic acids is 1. The minimum Gasteiger partial charge on any atom is -0.480 e. The Kier molecular flexibility index (Phi) is 2.90. The molecule has 0 saturated heterocycles. The van der Waals surface area contributed by atoms with Crippen LogP contribution in [0.2, 0.25) is 0 Å². The lowest BCUT2D eigenvalue weighted by Gasteiger charge is -2.54. The van der Waals surface area contributed by atoms with Crippen molar-refractivity contribution in [3.05, 3.63) is 0 Å². The quantitative estimate of drug-likeness (QED) is 0.798. The summed E-state index contributed by atoms with van der Waals surface area (Å²) in [6.45, 7) is 1.67. The highest BCUT2D eigenvalue weighted by Gasteiger charge is 2.49. The maximum Gasteiger partial charge on any atom is 0.325 e. The van der Waals surface area contributed by atoms with Crippen LogP contribution in [0, 0.1) is 23.7 Å². The Labute approximate surface area is 108 Å². The zero-order chi connectivity index (χ0) is 12.9. The molecule has 0 heterocycles. The summed E-state index contributed by atoms with van der Waals surface area (Å²) in [5.41, 5.74) is 4.48. The molecule has 102 valence electrons. The molecule has 4 rings (SSSR count). The van der Waals surface area contributed by atoms with Gasteiger partial charge in [0.2, 0.25) is 0 Å². The molecule has 3 N–H and O–H groups in total. The Morgan fingerprint density at radius 2 is 1.72 bits per heavy atom. The van der Waals surface area contributed by atoms with E-state index in [0.717, 1.165) is 11.8 Å². The summed E-state index contributed by atoms with van der Waals surface area (Å²) in [4.78, 5) is 11.0. The van der Waals surface area contributed by atoms with E-state index in [0.29, 0.717) is 11.8 Å². The smallest absolute Gasteiger partial charge is 0.325 e. The topological polar surface area (TPSA) is 72.5 Å². The monoisotopic (exact) mass is 253 g/mol. The molecule has 4 nitrogen and oxygen atoms in total. The Bertz CT molecular complexity index is 325. The molecule has 0 spiro atoms. The van der Waals surface area contributed by atoms with Crippen LogP contribution in [0.4, 0.5) is 0 Å². The van der Waals surface area contributed by atoms with Gasteiger partial charge in [-0.1, -0.05) is 0 Å². The van der Waals surface area contributed by atoms with Crippen LogP contribution < -0.4 is 5.73 Å². The second-order valence-electron chi connectivity index (χ2n) is 6.93. The van der Waals surface area contributed by atoms with Crippen LogP contribution in [0.25, 0.3) is 0 Å². The average Bonchev–Trinajstić information content (AvgIpc) is 2.26. The fourth-order valence-electron chi connectivity index (χ4n) is 4.48. The predicted octanol–water partition coefficient (Wildman–Crippen LogP) is 1.63. The van der Waals surface area contributed by atoms with Crippen molar-refractivity contribution in [3.8, 4) is 0 Å². The molecule has 0 amide bonds. The van der Waals surface area contributed by atoms with Crippen molar-refractivity contribution in [1.82, 2.24) is 0 Å². The van der Waals surface area contributed by atoms with E-state index < -0.39 is 11.5 Å². The molecule has 4 heteroatoms. The second-order valence-corrected chi connectivity index (χ2v) is 6.93. The van der Waals surface area contributed by atoms with Crippen molar-refractivity contribution >= 4 is 5.97 Å². The Morgan fingerprint density at radius 1 is 1.22 bits per heavy atom. The summed E-state index contributed by atoms with van der Waals surface area (Å²) in [6, 6.07) is 0. The zero-order valence-electron chi connectivity index (χ0n) is 11.0. The van der Waals surface area contributed by atoms with E-state index in [2.05, 4.69) is 0 Å². The molecule has 0 aromatic rings. The molecule has 18 heavy (non-hydrogen) atoms. The van der Waals surface area contributed by atoms with Gasteiger partial charge in [0.15, 0.2) is 0 Å². The highest BCUT2D eigenvalue weighted by atomic mass is 16.5. The van der Waals surface area contributed by atoms with Gasteiger partial charge in [0.1, 0.15) is 5.54 Å². The minimum atomic E-state index is -1.26. The van der Waals surface area contributed by atoms with E-state index in [9.17, 15) is 4.79 Å². The lowest BCUT2D eigenvalue weighted by molar-refractivity contribution is -0.156. The molecule has 0 aliphatic heterocycles. The average molecular weight is 253 g/mol. The number of nitrogens with two attached hydrogens (primary N) is 1. The van der Waals surface area contributed by atoms with E-state index in [1.165, 1.54) is 39.0 Å². The van der Waals surface area contributed by atoms with Crippen LogP contribution in [0.3, 0.4) is 0 Å². The Hall–Kier alpha value is -0.610. The van der Waals surface area contributed by atoms with Gasteiger partial charge >= 0.3 is 5.97 Å². The molecule has 4 aliphatic carbocycles. The second kappa shape index (κ2) is 4.20. The third-order valence-corrected chi connectivity index (χ3v) is 5.20. The maximum atomic E-state index is 11.0. The van der Waals surface area contributed by atoms with Gasteiger partial charge in [-0.2, -0.15) is 0 Å². The van der Waals surface area contributed by atoms with Gasteiger partial charge in [-0.15, -0.1) is 0 Å². The van der Waals surface area contributed by atoms with E-state index in [1.54, 1.807) is 0 Å². The van der Waals surface area contributed by atoms with E-state index >= 15 is 0 Å². The van der Waals surface area contributed by atoms with Crippen LogP contribution >= 0.6 is 0 Å². The molecule has 0 aromatic carbocycles. The summed E-state index contributed by atoms with van der Waals surface area (Å²) < 4.78 is 5.94. The predicted molar refractivity (Wildman–Crippen MR) is 67.0 cm³/mol. The van der Waals surface area contributed by atoms with Crippen LogP contribution in [-0.4, -0.2) is 29.3 Å². The fourth-order valence-corrected chi connectivity index (χ4v) is 4.48. The van der Waals surface area contributed by atoms with Gasteiger partial charge < -0.3 is 15.6 Å². The first kappa shape index (κ1) is 12.4. The summed E-state index contributed by atoms with van der Waals surface area (Å²) >= 11 is 0. The van der Waals surface area contributed by atoms with Gasteiger partial charge in [0.25, 0.3) is 0 Å². The molecule has 4 fully saturated rings. The van der Waals surface area contributed by atoms with Crippen LogP contribution in [0.5, 0.6) is 0 Å². The molecule has 1 unspecified atom stereocenters. The van der Waals surface area contributed by atoms with Crippen molar-refractivity contribution in [2.24, 2.45) is 29.4 Å². The third-order valence-electron chi connectivity index (χ3n) is 5.20. The zero-order valence-corrected chi connectivity index (χ0v) is 11.0. The lowest BCUT2D eigenvalue weighted by Crippen LogP contribution is -2.54. The van der Waals surface area contributed by atoms with Crippen LogP contribution in [-0.2, 0) is 9.53 Å². The SMILES string of the molecule is CC(N)(COC1C2CC3CC(C2)CC1C3)C(=O)O. The largest absolute Gasteiger partial charge is 0.480 e. The molecular weight excluding hydrogens is 230 g/mol. The van der Waals surface area contributed by atoms with E-state index in [1.807, 2.05) is 0 Å². The van der Waals surface area contributed by atoms with Gasteiger partial charge in [0, 0.05) is 0 Å². The van der Waals surface area contributed by atoms with Crippen molar-refractivity contribution < 1.29 is 14.6 Å². The van der Waals surface area contributed by atoms with Crippen molar-refractivity contribution in [3.63, 3.8) is 0 Å². The van der Waals surface area contributed by atoms with Crippen LogP contribution in [0.15, 0.2) is 0 Å². The number of carboxylic acids is 1. The maximum absolute atomic E-state index is 11.0. The Balaban J connectivity index is 1.62. The van der Waals surface area contributed by atoms with Crippen molar-refractivity contribution in [2.75, 3.05) is 6.61 Å². The highest BCUT2D eigenvalue weighted by Crippen LogP contribution is 2.54. The molecule has 1 atom stereocenters. The first-order chi connectivity index (χ1) is 8.45. The molecule has 4 aliphatic rings. The number of carbonyl (C=O) groups is 1. The normalized spacial score (nSPS) is 44.9. The Morgan fingerprint density at radius 3 is 2.17 bits per heavy atom. The standard InChI is InChI=1S/C14H23NO3/c1-14(15,13(16)17)7-18-12-10-3-8-2-9(5-10)6-11(12)4-8/h8-12H,2-7,15H2,1H3,(H,16,17). The summed E-state index contributed by atoms with van der Waals surface area (Å²) in [5, 5.41) is 9.02. The van der Waals surface area contributed by atoms with Crippen LogP contribution in [0.1, 0.15) is 39.0 Å². The molecule has 4 bridgehead atoms. The molecule has 4 saturated carbocycles. The summed E-state index contributed by atoms with van der Waals surface area (Å²) in [6.07, 6.45) is 6.82. The number of hydrogen-bond donors (Lipinski definition) is 2. The number of rotatable bonds is 4. The van der Waals surface area contributed by atoms with Crippen molar-refractivity contribution in [2.45, 2.75) is 50.7 Å². The van der Waals surface area contributed by atoms with Crippen molar-refractivity contribution in [1.29, 1.82) is 0 Å². The third kappa shape index (κ3) is 2.05. The van der Waals surface area contributed by atoms with Gasteiger partial charge in [-0.25, -0.2) is 0 Å². The first-order valence-corrected chi connectivity index (χ1v) is 7.09. The molecule has 0 aromatic heterocycles. The molecule has 0 radical (unpaired) electrons. The number of hydrogen-bond acceptors (Lipinski definition) is 3. The van der Waals surface area contributed by atoms with E-state index in [-0.39, 0.29) is 12.7 Å². The number of carboxylic acid groups (broad SMARTS) is 1. The lowest BCUT2D eigenvalue weighted by atomic mass is 9.55. The summed E-state index contributed by atoms with van der Waals surface area (Å²) in [5.74, 6) is 2.16. The summed E-state index contributed by atoms with van der Waals surface area (Å²) in [7, 11) is 0. The molecular formula is C14H23NO3. The first-order valence-electron chi connectivity index (χ1n) is 7.09. The van der Waals surface area contributed by atoms with Gasteiger partial charge in [-0.05, 0) is 62.7 Å². The van der Waals surface area contributed by atoms with Gasteiger partial charge in [-0.3, -0.25) is 4.79 Å². The fraction of sp³-hybridized carbons (Fsp3) is 0.929. The minimum absolute atomic E-state index is 0.134. The van der Waals surface area contributed by atoms with Gasteiger partial charge in [0.05, 0.1) is 12.7 Å².